The molecule has 0 saturated carbocycles. The maximum absolute atomic E-state index is 5.87. The second-order valence-electron chi connectivity index (χ2n) is 5.70. The van der Waals surface area contributed by atoms with Gasteiger partial charge in [-0.25, -0.2) is 0 Å². The van der Waals surface area contributed by atoms with E-state index in [-0.39, 0.29) is 0 Å². The van der Waals surface area contributed by atoms with E-state index in [4.69, 9.17) is 4.74 Å². The lowest BCUT2D eigenvalue weighted by molar-refractivity contribution is 0.0795. The Morgan fingerprint density at radius 1 is 1.16 bits per heavy atom. The van der Waals surface area contributed by atoms with Gasteiger partial charge in [0.2, 0.25) is 0 Å². The first kappa shape index (κ1) is 16.2. The van der Waals surface area contributed by atoms with Gasteiger partial charge in [-0.1, -0.05) is 51.1 Å². The minimum Gasteiger partial charge on any atom is -0.376 e. The molecule has 1 rings (SSSR count). The molecule has 0 aliphatic heterocycles. The van der Waals surface area contributed by atoms with E-state index >= 15 is 0 Å². The average Bonchev–Trinajstić information content (AvgIpc) is 2.39. The summed E-state index contributed by atoms with van der Waals surface area (Å²) in [6.45, 7) is 10.5. The van der Waals surface area contributed by atoms with Gasteiger partial charge in [-0.15, -0.1) is 0 Å². The molecule has 0 aromatic heterocycles. The van der Waals surface area contributed by atoms with Crippen LogP contribution in [-0.2, 0) is 11.3 Å². The molecule has 1 N–H and O–H groups in total. The van der Waals surface area contributed by atoms with Crippen LogP contribution in [0.5, 0.6) is 0 Å². The minimum absolute atomic E-state index is 0.621. The van der Waals surface area contributed by atoms with Crippen molar-refractivity contribution < 1.29 is 4.74 Å². The zero-order valence-electron chi connectivity index (χ0n) is 12.7. The largest absolute Gasteiger partial charge is 0.376 e. The summed E-state index contributed by atoms with van der Waals surface area (Å²) in [4.78, 5) is 0. The van der Waals surface area contributed by atoms with Crippen molar-refractivity contribution in [3.8, 4) is 0 Å². The minimum atomic E-state index is 0.621. The van der Waals surface area contributed by atoms with Crippen molar-refractivity contribution in [2.45, 2.75) is 40.2 Å². The van der Waals surface area contributed by atoms with Crippen molar-refractivity contribution in [2.75, 3.05) is 19.7 Å². The van der Waals surface area contributed by atoms with E-state index < -0.39 is 0 Å². The summed E-state index contributed by atoms with van der Waals surface area (Å²) in [6, 6.07) is 10.4. The van der Waals surface area contributed by atoms with Crippen LogP contribution >= 0.6 is 0 Å². The number of hydrogen-bond acceptors (Lipinski definition) is 2. The summed E-state index contributed by atoms with van der Waals surface area (Å²) in [5, 5.41) is 3.51. The molecule has 108 valence electrons. The third kappa shape index (κ3) is 8.02. The van der Waals surface area contributed by atoms with Crippen molar-refractivity contribution in [1.82, 2.24) is 5.32 Å². The highest BCUT2D eigenvalue weighted by Gasteiger charge is 2.11. The van der Waals surface area contributed by atoms with E-state index in [1.54, 1.807) is 0 Å². The molecule has 0 spiro atoms. The summed E-state index contributed by atoms with van der Waals surface area (Å²) in [7, 11) is 0. The third-order valence-corrected chi connectivity index (χ3v) is 3.13. The summed E-state index contributed by atoms with van der Waals surface area (Å²) in [5.41, 5.74) is 1.26. The van der Waals surface area contributed by atoms with Crippen molar-refractivity contribution in [3.63, 3.8) is 0 Å². The Hall–Kier alpha value is -0.860. The van der Waals surface area contributed by atoms with Gasteiger partial charge >= 0.3 is 0 Å². The highest BCUT2D eigenvalue weighted by atomic mass is 16.5. The van der Waals surface area contributed by atoms with E-state index in [1.807, 2.05) is 6.07 Å². The molecular formula is C17H29NO. The highest BCUT2D eigenvalue weighted by Crippen LogP contribution is 2.12. The quantitative estimate of drug-likeness (QED) is 0.647. The number of rotatable bonds is 10. The van der Waals surface area contributed by atoms with E-state index in [1.165, 1.54) is 18.4 Å². The van der Waals surface area contributed by atoms with E-state index in [0.717, 1.165) is 32.2 Å². The fourth-order valence-electron chi connectivity index (χ4n) is 2.28. The molecule has 1 aromatic rings. The predicted octanol–water partition coefficient (Wildman–Crippen LogP) is 3.87. The zero-order valence-corrected chi connectivity index (χ0v) is 12.7. The van der Waals surface area contributed by atoms with Gasteiger partial charge in [0, 0.05) is 6.54 Å². The van der Waals surface area contributed by atoms with Crippen molar-refractivity contribution >= 4 is 0 Å². The molecule has 0 fully saturated rings. The first-order valence-corrected chi connectivity index (χ1v) is 7.54. The third-order valence-electron chi connectivity index (χ3n) is 3.13. The molecule has 2 heteroatoms. The zero-order chi connectivity index (χ0) is 13.9. The smallest absolute Gasteiger partial charge is 0.0717 e. The SMILES string of the molecule is CCCNCC(COCc1ccccc1)CC(C)C. The molecule has 1 aromatic carbocycles. The normalized spacial score (nSPS) is 12.8. The van der Waals surface area contributed by atoms with Crippen LogP contribution in [-0.4, -0.2) is 19.7 Å². The highest BCUT2D eigenvalue weighted by molar-refractivity contribution is 5.13. The summed E-state index contributed by atoms with van der Waals surface area (Å²) < 4.78 is 5.87. The Balaban J connectivity index is 2.27. The molecule has 0 aliphatic carbocycles. The first-order valence-electron chi connectivity index (χ1n) is 7.54. The molecule has 0 bridgehead atoms. The van der Waals surface area contributed by atoms with Crippen LogP contribution in [0, 0.1) is 11.8 Å². The topological polar surface area (TPSA) is 21.3 Å². The molecule has 0 saturated heterocycles. The Bertz CT molecular complexity index is 310. The summed E-state index contributed by atoms with van der Waals surface area (Å²) in [5.74, 6) is 1.35. The predicted molar refractivity (Wildman–Crippen MR) is 82.2 cm³/mol. The second-order valence-corrected chi connectivity index (χ2v) is 5.70. The van der Waals surface area contributed by atoms with Crippen LogP contribution < -0.4 is 5.32 Å². The number of nitrogens with one attached hydrogen (secondary N) is 1. The average molecular weight is 263 g/mol. The molecular weight excluding hydrogens is 234 g/mol. The maximum Gasteiger partial charge on any atom is 0.0717 e. The number of hydrogen-bond donors (Lipinski definition) is 1. The van der Waals surface area contributed by atoms with E-state index in [9.17, 15) is 0 Å². The Labute approximate surface area is 118 Å². The standard InChI is InChI=1S/C17H29NO/c1-4-10-18-12-17(11-15(2)3)14-19-13-16-8-6-5-7-9-16/h5-9,15,17-18H,4,10-14H2,1-3H3. The lowest BCUT2D eigenvalue weighted by atomic mass is 9.98. The van der Waals surface area contributed by atoms with Crippen LogP contribution in [0.3, 0.4) is 0 Å². The molecule has 1 unspecified atom stereocenters. The molecule has 0 radical (unpaired) electrons. The Morgan fingerprint density at radius 2 is 1.89 bits per heavy atom. The fourth-order valence-corrected chi connectivity index (χ4v) is 2.28. The van der Waals surface area contributed by atoms with Gasteiger partial charge in [-0.05, 0) is 36.8 Å². The monoisotopic (exact) mass is 263 g/mol. The van der Waals surface area contributed by atoms with Gasteiger partial charge in [0.1, 0.15) is 0 Å². The van der Waals surface area contributed by atoms with Gasteiger partial charge in [-0.3, -0.25) is 0 Å². The Kier molecular flexibility index (Phi) is 8.52. The second kappa shape index (κ2) is 9.99. The van der Waals surface area contributed by atoms with E-state index in [0.29, 0.717) is 5.92 Å². The lowest BCUT2D eigenvalue weighted by Crippen LogP contribution is -2.27. The molecule has 0 amide bonds. The molecule has 19 heavy (non-hydrogen) atoms. The van der Waals surface area contributed by atoms with Crippen molar-refractivity contribution in [1.29, 1.82) is 0 Å². The van der Waals surface area contributed by atoms with Crippen molar-refractivity contribution in [2.24, 2.45) is 11.8 Å². The fraction of sp³-hybridized carbons (Fsp3) is 0.647. The maximum atomic E-state index is 5.87. The van der Waals surface area contributed by atoms with Gasteiger partial charge in [0.05, 0.1) is 13.2 Å². The van der Waals surface area contributed by atoms with Crippen LogP contribution in [0.25, 0.3) is 0 Å². The lowest BCUT2D eigenvalue weighted by Gasteiger charge is -2.19. The molecule has 0 heterocycles. The van der Waals surface area contributed by atoms with Crippen LogP contribution in [0.1, 0.15) is 39.2 Å². The Morgan fingerprint density at radius 3 is 2.53 bits per heavy atom. The summed E-state index contributed by atoms with van der Waals surface area (Å²) in [6.07, 6.45) is 2.42. The van der Waals surface area contributed by atoms with Crippen LogP contribution in [0.2, 0.25) is 0 Å². The summed E-state index contributed by atoms with van der Waals surface area (Å²) >= 11 is 0. The molecule has 0 aliphatic rings. The first-order chi connectivity index (χ1) is 9.22. The van der Waals surface area contributed by atoms with Gasteiger partial charge in [0.15, 0.2) is 0 Å². The number of ether oxygens (including phenoxy) is 1. The van der Waals surface area contributed by atoms with Gasteiger partial charge in [0.25, 0.3) is 0 Å². The van der Waals surface area contributed by atoms with Gasteiger partial charge < -0.3 is 10.1 Å². The van der Waals surface area contributed by atoms with Gasteiger partial charge in [-0.2, -0.15) is 0 Å². The van der Waals surface area contributed by atoms with Crippen molar-refractivity contribution in [3.05, 3.63) is 35.9 Å². The molecule has 2 nitrogen and oxygen atoms in total. The number of benzene rings is 1. The molecule has 1 atom stereocenters. The van der Waals surface area contributed by atoms with E-state index in [2.05, 4.69) is 50.4 Å². The van der Waals surface area contributed by atoms with Crippen LogP contribution in [0.15, 0.2) is 30.3 Å². The van der Waals surface area contributed by atoms with Crippen LogP contribution in [0.4, 0.5) is 0 Å².